The first-order valence-electron chi connectivity index (χ1n) is 10.6. The van der Waals surface area contributed by atoms with Crippen LogP contribution in [-0.4, -0.2) is 36.9 Å². The van der Waals surface area contributed by atoms with Crippen LogP contribution in [0.15, 0.2) is 63.5 Å². The maximum absolute atomic E-state index is 8.18. The summed E-state index contributed by atoms with van der Waals surface area (Å²) in [6.07, 6.45) is 3.54. The largest absolute Gasteiger partial charge is 0.370 e. The Morgan fingerprint density at radius 1 is 0.824 bits per heavy atom. The molecule has 10 nitrogen and oxygen atoms in total. The van der Waals surface area contributed by atoms with E-state index in [9.17, 15) is 0 Å². The highest BCUT2D eigenvalue weighted by Gasteiger charge is 2.12. The number of hydrogen-bond donors (Lipinski definition) is 6. The summed E-state index contributed by atoms with van der Waals surface area (Å²) in [6.45, 7) is 1.12. The molecule has 0 unspecified atom stereocenters. The van der Waals surface area contributed by atoms with E-state index < -0.39 is 0 Å². The molecular formula is C22H30Cl2N10. The number of nitrogens with two attached hydrogens (primary N) is 4. The van der Waals surface area contributed by atoms with Crippen LogP contribution in [0.4, 0.5) is 11.4 Å². The number of guanidine groups is 4. The SMILES string of the molecule is N=C(N=C(N)N)N(CCCCCCN=C(N)N=C(N)Nc1ccc(Cl)cc1)c1ccc(Cl)cc1. The lowest BCUT2D eigenvalue weighted by Crippen LogP contribution is -2.34. The highest BCUT2D eigenvalue weighted by Crippen LogP contribution is 2.19. The van der Waals surface area contributed by atoms with Gasteiger partial charge >= 0.3 is 0 Å². The lowest BCUT2D eigenvalue weighted by atomic mass is 10.2. The summed E-state index contributed by atoms with van der Waals surface area (Å²) in [5.74, 6) is 0.0704. The molecule has 0 radical (unpaired) electrons. The van der Waals surface area contributed by atoms with Crippen LogP contribution >= 0.6 is 23.2 Å². The number of hydrogen-bond acceptors (Lipinski definition) is 2. The van der Waals surface area contributed by atoms with Crippen LogP contribution in [-0.2, 0) is 0 Å². The van der Waals surface area contributed by atoms with E-state index in [4.69, 9.17) is 51.5 Å². The van der Waals surface area contributed by atoms with Crippen LogP contribution in [0.2, 0.25) is 10.0 Å². The van der Waals surface area contributed by atoms with Crippen molar-refractivity contribution in [3.8, 4) is 0 Å². The standard InChI is InChI=1S/C22H30Cl2N10/c23-15-5-9-17(10-6-15)31-21(28)33-20(27)30-13-3-1-2-4-14-34(22(29)32-19(25)26)18-11-7-16(24)8-12-18/h5-12H,1-4,13-14H2,(H5,25,26,29,32)(H5,27,28,30,31,33). The normalized spacial score (nSPS) is 11.7. The molecule has 34 heavy (non-hydrogen) atoms. The second kappa shape index (κ2) is 13.9. The molecule has 12 heteroatoms. The number of halogens is 2. The van der Waals surface area contributed by atoms with Crippen LogP contribution in [0.5, 0.6) is 0 Å². The minimum atomic E-state index is -0.161. The van der Waals surface area contributed by atoms with Crippen LogP contribution in [0, 0.1) is 5.41 Å². The molecule has 0 bridgehead atoms. The Bertz CT molecular complexity index is 1010. The second-order valence-corrected chi connectivity index (χ2v) is 8.14. The van der Waals surface area contributed by atoms with Gasteiger partial charge in [0.15, 0.2) is 5.96 Å². The third-order valence-electron chi connectivity index (χ3n) is 4.54. The molecule has 0 fully saturated rings. The molecule has 0 aliphatic heterocycles. The monoisotopic (exact) mass is 504 g/mol. The van der Waals surface area contributed by atoms with Gasteiger partial charge in [0.05, 0.1) is 0 Å². The number of nitrogens with one attached hydrogen (secondary N) is 2. The molecule has 0 heterocycles. The van der Waals surface area contributed by atoms with E-state index in [1.165, 1.54) is 0 Å². The zero-order chi connectivity index (χ0) is 24.9. The van der Waals surface area contributed by atoms with Crippen molar-refractivity contribution in [1.29, 1.82) is 5.41 Å². The van der Waals surface area contributed by atoms with Crippen molar-refractivity contribution in [2.45, 2.75) is 25.7 Å². The van der Waals surface area contributed by atoms with Gasteiger partial charge in [-0.15, -0.1) is 0 Å². The molecule has 0 aliphatic rings. The lowest BCUT2D eigenvalue weighted by molar-refractivity contribution is 0.650. The average Bonchev–Trinajstić information content (AvgIpc) is 2.77. The summed E-state index contributed by atoms with van der Waals surface area (Å²) in [5, 5.41) is 12.3. The Morgan fingerprint density at radius 2 is 1.41 bits per heavy atom. The molecule has 2 rings (SSSR count). The van der Waals surface area contributed by atoms with Crippen molar-refractivity contribution in [3.63, 3.8) is 0 Å². The molecule has 0 aromatic heterocycles. The Hall–Kier alpha value is -3.50. The van der Waals surface area contributed by atoms with Gasteiger partial charge in [0, 0.05) is 34.5 Å². The molecule has 2 aromatic carbocycles. The van der Waals surface area contributed by atoms with Gasteiger partial charge in [-0.2, -0.15) is 9.98 Å². The van der Waals surface area contributed by atoms with Crippen LogP contribution < -0.4 is 33.2 Å². The Labute approximate surface area is 209 Å². The maximum Gasteiger partial charge on any atom is 0.225 e. The fourth-order valence-electron chi connectivity index (χ4n) is 2.96. The van der Waals surface area contributed by atoms with Gasteiger partial charge in [-0.1, -0.05) is 36.0 Å². The van der Waals surface area contributed by atoms with E-state index in [0.717, 1.165) is 37.1 Å². The molecule has 0 spiro atoms. The van der Waals surface area contributed by atoms with E-state index in [2.05, 4.69) is 20.3 Å². The average molecular weight is 505 g/mol. The van der Waals surface area contributed by atoms with Crippen LogP contribution in [0.25, 0.3) is 0 Å². The molecule has 0 amide bonds. The minimum Gasteiger partial charge on any atom is -0.370 e. The number of anilines is 2. The number of aliphatic imine (C=N–C) groups is 3. The van der Waals surface area contributed by atoms with E-state index in [-0.39, 0.29) is 23.8 Å². The third kappa shape index (κ3) is 9.97. The van der Waals surface area contributed by atoms with Gasteiger partial charge < -0.3 is 33.2 Å². The number of benzene rings is 2. The van der Waals surface area contributed by atoms with Gasteiger partial charge in [0.1, 0.15) is 0 Å². The minimum absolute atomic E-state index is 0.0256. The highest BCUT2D eigenvalue weighted by molar-refractivity contribution is 6.31. The smallest absolute Gasteiger partial charge is 0.225 e. The van der Waals surface area contributed by atoms with Crippen molar-refractivity contribution in [1.82, 2.24) is 0 Å². The summed E-state index contributed by atoms with van der Waals surface area (Å²) in [4.78, 5) is 13.9. The Morgan fingerprint density at radius 3 is 2.03 bits per heavy atom. The van der Waals surface area contributed by atoms with Crippen LogP contribution in [0.3, 0.4) is 0 Å². The topological polar surface area (TPSA) is 180 Å². The van der Waals surface area contributed by atoms with E-state index in [1.807, 2.05) is 12.1 Å². The number of unbranched alkanes of at least 4 members (excludes halogenated alkanes) is 3. The first-order valence-corrected chi connectivity index (χ1v) is 11.4. The molecule has 0 saturated carbocycles. The zero-order valence-electron chi connectivity index (χ0n) is 18.7. The maximum atomic E-state index is 8.18. The molecule has 2 aromatic rings. The lowest BCUT2D eigenvalue weighted by Gasteiger charge is -2.23. The van der Waals surface area contributed by atoms with Gasteiger partial charge in [-0.3, -0.25) is 10.4 Å². The summed E-state index contributed by atoms with van der Waals surface area (Å²) < 4.78 is 0. The van der Waals surface area contributed by atoms with Crippen molar-refractivity contribution in [3.05, 3.63) is 58.6 Å². The molecule has 182 valence electrons. The van der Waals surface area contributed by atoms with Crippen LogP contribution in [0.1, 0.15) is 25.7 Å². The van der Waals surface area contributed by atoms with Gasteiger partial charge in [0.25, 0.3) is 0 Å². The second-order valence-electron chi connectivity index (χ2n) is 7.27. The molecule has 0 saturated heterocycles. The molecule has 0 aliphatic carbocycles. The predicted molar refractivity (Wildman–Crippen MR) is 144 cm³/mol. The summed E-state index contributed by atoms with van der Waals surface area (Å²) in [5.41, 5.74) is 24.1. The molecule has 0 atom stereocenters. The quantitative estimate of drug-likeness (QED) is 0.173. The summed E-state index contributed by atoms with van der Waals surface area (Å²) >= 11 is 11.8. The molecule has 10 N–H and O–H groups in total. The predicted octanol–water partition coefficient (Wildman–Crippen LogP) is 3.31. The number of nitrogens with zero attached hydrogens (tertiary/aromatic N) is 4. The fraction of sp³-hybridized carbons (Fsp3) is 0.273. The van der Waals surface area contributed by atoms with E-state index >= 15 is 0 Å². The summed E-state index contributed by atoms with van der Waals surface area (Å²) in [6, 6.07) is 14.2. The first kappa shape index (κ1) is 26.7. The fourth-order valence-corrected chi connectivity index (χ4v) is 3.21. The first-order chi connectivity index (χ1) is 16.2. The van der Waals surface area contributed by atoms with Crippen molar-refractivity contribution >= 4 is 58.4 Å². The summed E-state index contributed by atoms with van der Waals surface area (Å²) in [7, 11) is 0. The van der Waals surface area contributed by atoms with Gasteiger partial charge in [-0.05, 0) is 61.4 Å². The van der Waals surface area contributed by atoms with E-state index in [0.29, 0.717) is 23.1 Å². The molecular weight excluding hydrogens is 475 g/mol. The zero-order valence-corrected chi connectivity index (χ0v) is 20.2. The van der Waals surface area contributed by atoms with Gasteiger partial charge in [0.2, 0.25) is 17.9 Å². The van der Waals surface area contributed by atoms with Gasteiger partial charge in [-0.25, -0.2) is 0 Å². The third-order valence-corrected chi connectivity index (χ3v) is 5.05. The van der Waals surface area contributed by atoms with Crippen molar-refractivity contribution in [2.75, 3.05) is 23.3 Å². The van der Waals surface area contributed by atoms with E-state index in [1.54, 1.807) is 41.3 Å². The highest BCUT2D eigenvalue weighted by atomic mass is 35.5. The van der Waals surface area contributed by atoms with Crippen molar-refractivity contribution < 1.29 is 0 Å². The number of rotatable bonds is 9. The Balaban J connectivity index is 1.76. The Kier molecular flexibility index (Phi) is 10.9. The van der Waals surface area contributed by atoms with Crippen molar-refractivity contribution in [2.24, 2.45) is 37.9 Å².